The molecule has 0 bridgehead atoms. The molecule has 3 aromatic rings. The van der Waals surface area contributed by atoms with Crippen molar-refractivity contribution in [2.24, 2.45) is 0 Å². The first kappa shape index (κ1) is 19.9. The lowest BCUT2D eigenvalue weighted by molar-refractivity contribution is -0.142. The predicted molar refractivity (Wildman–Crippen MR) is 92.7 cm³/mol. The van der Waals surface area contributed by atoms with Gasteiger partial charge in [0.25, 0.3) is 0 Å². The molecule has 0 spiro atoms. The molecule has 0 saturated heterocycles. The SMILES string of the molecule is C=CCCc1cc(F)c(-c2ccc3c(F)c(C(F)(F)F)c(F)cc3c2)c(F)c1. The summed E-state index contributed by atoms with van der Waals surface area (Å²) in [4.78, 5) is 0. The van der Waals surface area contributed by atoms with Crippen molar-refractivity contribution < 1.29 is 30.7 Å². The van der Waals surface area contributed by atoms with Crippen molar-refractivity contribution in [1.82, 2.24) is 0 Å². The van der Waals surface area contributed by atoms with Gasteiger partial charge in [0.05, 0.1) is 5.56 Å². The summed E-state index contributed by atoms with van der Waals surface area (Å²) < 4.78 is 95.4. The fourth-order valence-corrected chi connectivity index (χ4v) is 3.06. The van der Waals surface area contributed by atoms with Crippen molar-refractivity contribution in [1.29, 1.82) is 0 Å². The molecule has 0 nitrogen and oxygen atoms in total. The number of aryl methyl sites for hydroxylation is 1. The maximum absolute atomic E-state index is 14.4. The quantitative estimate of drug-likeness (QED) is 0.322. The van der Waals surface area contributed by atoms with Crippen LogP contribution in [0.15, 0.2) is 49.1 Å². The molecular formula is C21H13F7. The summed E-state index contributed by atoms with van der Waals surface area (Å²) in [7, 11) is 0. The van der Waals surface area contributed by atoms with Crippen LogP contribution in [0.25, 0.3) is 21.9 Å². The summed E-state index contributed by atoms with van der Waals surface area (Å²) in [5.74, 6) is -5.33. The number of alkyl halides is 3. The van der Waals surface area contributed by atoms with Crippen molar-refractivity contribution in [3.8, 4) is 11.1 Å². The summed E-state index contributed by atoms with van der Waals surface area (Å²) in [5, 5.41) is -0.740. The Morgan fingerprint density at radius 2 is 1.50 bits per heavy atom. The first-order valence-corrected chi connectivity index (χ1v) is 8.21. The minimum Gasteiger partial charge on any atom is -0.206 e. The number of halogens is 7. The van der Waals surface area contributed by atoms with E-state index in [1.54, 1.807) is 6.08 Å². The van der Waals surface area contributed by atoms with Crippen LogP contribution in [0.5, 0.6) is 0 Å². The van der Waals surface area contributed by atoms with Crippen LogP contribution in [0.4, 0.5) is 30.7 Å². The topological polar surface area (TPSA) is 0 Å². The zero-order chi connectivity index (χ0) is 20.6. The van der Waals surface area contributed by atoms with Crippen molar-refractivity contribution in [3.05, 3.63) is 83.4 Å². The molecular weight excluding hydrogens is 385 g/mol. The van der Waals surface area contributed by atoms with Crippen molar-refractivity contribution in [3.63, 3.8) is 0 Å². The van der Waals surface area contributed by atoms with Crippen LogP contribution in [0.1, 0.15) is 17.5 Å². The molecule has 0 aliphatic rings. The summed E-state index contributed by atoms with van der Waals surface area (Å²) in [6.07, 6.45) is -2.70. The fraction of sp³-hybridized carbons (Fsp3) is 0.143. The second-order valence-corrected chi connectivity index (χ2v) is 6.24. The third-order valence-electron chi connectivity index (χ3n) is 4.34. The molecule has 3 rings (SSSR count). The van der Waals surface area contributed by atoms with E-state index >= 15 is 0 Å². The van der Waals surface area contributed by atoms with E-state index in [1.165, 1.54) is 0 Å². The van der Waals surface area contributed by atoms with Crippen molar-refractivity contribution >= 4 is 10.8 Å². The van der Waals surface area contributed by atoms with Crippen LogP contribution < -0.4 is 0 Å². The van der Waals surface area contributed by atoms with E-state index in [1.807, 2.05) is 0 Å². The summed E-state index contributed by atoms with van der Waals surface area (Å²) in [6.45, 7) is 3.53. The number of hydrogen-bond acceptors (Lipinski definition) is 0. The van der Waals surface area contributed by atoms with Crippen LogP contribution in [0, 0.1) is 23.3 Å². The number of allylic oxidation sites excluding steroid dienone is 1. The van der Waals surface area contributed by atoms with Gasteiger partial charge in [-0.3, -0.25) is 0 Å². The van der Waals surface area contributed by atoms with Crippen LogP contribution in [-0.2, 0) is 12.6 Å². The highest BCUT2D eigenvalue weighted by atomic mass is 19.4. The lowest BCUT2D eigenvalue weighted by Gasteiger charge is -2.13. The second-order valence-electron chi connectivity index (χ2n) is 6.24. The Labute approximate surface area is 155 Å². The zero-order valence-electron chi connectivity index (χ0n) is 14.3. The van der Waals surface area contributed by atoms with Gasteiger partial charge in [-0.25, -0.2) is 17.6 Å². The van der Waals surface area contributed by atoms with E-state index in [0.717, 1.165) is 30.3 Å². The molecule has 0 amide bonds. The molecule has 7 heteroatoms. The number of rotatable bonds is 4. The summed E-state index contributed by atoms with van der Waals surface area (Å²) in [5.41, 5.74) is -2.07. The minimum absolute atomic E-state index is 0.0451. The minimum atomic E-state index is -5.21. The zero-order valence-corrected chi connectivity index (χ0v) is 14.3. The van der Waals surface area contributed by atoms with Crippen molar-refractivity contribution in [2.45, 2.75) is 19.0 Å². The molecule has 0 N–H and O–H groups in total. The Morgan fingerprint density at radius 3 is 2.07 bits per heavy atom. The Bertz CT molecular complexity index is 1040. The second kappa shape index (κ2) is 7.30. The molecule has 0 atom stereocenters. The fourth-order valence-electron chi connectivity index (χ4n) is 3.06. The lowest BCUT2D eigenvalue weighted by Crippen LogP contribution is -2.11. The Hall–Kier alpha value is -2.83. The number of hydrogen-bond donors (Lipinski definition) is 0. The normalized spacial score (nSPS) is 11.8. The molecule has 0 unspecified atom stereocenters. The van der Waals surface area contributed by atoms with Crippen LogP contribution in [0.2, 0.25) is 0 Å². The van der Waals surface area contributed by atoms with Crippen molar-refractivity contribution in [2.75, 3.05) is 0 Å². The van der Waals surface area contributed by atoms with Gasteiger partial charge in [0.15, 0.2) is 0 Å². The van der Waals surface area contributed by atoms with Gasteiger partial charge in [-0.05, 0) is 53.6 Å². The molecule has 0 aliphatic carbocycles. The first-order valence-electron chi connectivity index (χ1n) is 8.21. The maximum atomic E-state index is 14.4. The Balaban J connectivity index is 2.15. The molecule has 0 heterocycles. The molecule has 0 radical (unpaired) electrons. The molecule has 0 aromatic heterocycles. The van der Waals surface area contributed by atoms with E-state index in [0.29, 0.717) is 24.5 Å². The van der Waals surface area contributed by atoms with Gasteiger partial charge in [0.2, 0.25) is 0 Å². The van der Waals surface area contributed by atoms with Gasteiger partial charge in [0.1, 0.15) is 28.8 Å². The summed E-state index contributed by atoms with van der Waals surface area (Å²) in [6, 6.07) is 5.86. The number of fused-ring (bicyclic) bond motifs is 1. The Kier molecular flexibility index (Phi) is 5.19. The van der Waals surface area contributed by atoms with E-state index in [2.05, 4.69) is 6.58 Å². The van der Waals surface area contributed by atoms with Gasteiger partial charge in [-0.15, -0.1) is 6.58 Å². The highest BCUT2D eigenvalue weighted by Crippen LogP contribution is 2.38. The van der Waals surface area contributed by atoms with Crippen LogP contribution >= 0.6 is 0 Å². The lowest BCUT2D eigenvalue weighted by atomic mass is 9.96. The largest absolute Gasteiger partial charge is 0.422 e. The maximum Gasteiger partial charge on any atom is 0.422 e. The molecule has 146 valence electrons. The smallest absolute Gasteiger partial charge is 0.206 e. The van der Waals surface area contributed by atoms with E-state index in [-0.39, 0.29) is 10.9 Å². The van der Waals surface area contributed by atoms with Crippen LogP contribution in [-0.4, -0.2) is 0 Å². The van der Waals surface area contributed by atoms with Gasteiger partial charge in [-0.1, -0.05) is 18.2 Å². The van der Waals surface area contributed by atoms with Gasteiger partial charge < -0.3 is 0 Å². The molecule has 28 heavy (non-hydrogen) atoms. The van der Waals surface area contributed by atoms with E-state index in [9.17, 15) is 30.7 Å². The van der Waals surface area contributed by atoms with Gasteiger partial charge >= 0.3 is 6.18 Å². The molecule has 0 fully saturated rings. The van der Waals surface area contributed by atoms with Crippen LogP contribution in [0.3, 0.4) is 0 Å². The van der Waals surface area contributed by atoms with E-state index in [4.69, 9.17) is 0 Å². The average molecular weight is 398 g/mol. The third-order valence-corrected chi connectivity index (χ3v) is 4.34. The Morgan fingerprint density at radius 1 is 0.857 bits per heavy atom. The monoisotopic (exact) mass is 398 g/mol. The molecule has 0 saturated carbocycles. The summed E-state index contributed by atoms with van der Waals surface area (Å²) >= 11 is 0. The van der Waals surface area contributed by atoms with E-state index < -0.39 is 46.0 Å². The van der Waals surface area contributed by atoms with Gasteiger partial charge in [-0.2, -0.15) is 13.2 Å². The van der Waals surface area contributed by atoms with Gasteiger partial charge in [0, 0.05) is 5.39 Å². The molecule has 3 aromatic carbocycles. The number of benzene rings is 3. The average Bonchev–Trinajstić information content (AvgIpc) is 2.57. The first-order chi connectivity index (χ1) is 13.1. The highest BCUT2D eigenvalue weighted by molar-refractivity contribution is 5.89. The standard InChI is InChI=1S/C21H13F7/c1-2-3-4-11-7-15(22)18(16(23)8-11)12-5-6-14-13(9-12)10-17(24)19(20(14)25)21(26,27)28/h2,5-10H,1,3-4H2. The predicted octanol–water partition coefficient (Wildman–Crippen LogP) is 7.20. The molecule has 0 aliphatic heterocycles. The highest BCUT2D eigenvalue weighted by Gasteiger charge is 2.38. The third kappa shape index (κ3) is 3.61.